The predicted molar refractivity (Wildman–Crippen MR) is 104 cm³/mol. The number of halogens is 2. The Morgan fingerprint density at radius 2 is 2.00 bits per heavy atom. The zero-order valence-electron chi connectivity index (χ0n) is 15.7. The van der Waals surface area contributed by atoms with Crippen LogP contribution in [0.1, 0.15) is 11.1 Å². The molecule has 3 rings (SSSR count). The van der Waals surface area contributed by atoms with Crippen molar-refractivity contribution >= 4 is 17.6 Å². The molecule has 156 valence electrons. The van der Waals surface area contributed by atoms with Crippen LogP contribution in [-0.2, 0) is 9.47 Å². The number of thioether (sulfide) groups is 1. The van der Waals surface area contributed by atoms with Crippen molar-refractivity contribution in [2.45, 2.75) is 11.6 Å². The molecule has 0 spiro atoms. The minimum atomic E-state index is -2.86. The summed E-state index contributed by atoms with van der Waals surface area (Å²) < 4.78 is 38.5. The molecule has 1 saturated heterocycles. The summed E-state index contributed by atoms with van der Waals surface area (Å²) in [5.41, 5.74) is 6.91. The number of alkyl halides is 2. The maximum absolute atomic E-state index is 12.0. The van der Waals surface area contributed by atoms with Crippen LogP contribution in [0.25, 0.3) is 11.3 Å². The number of hydrogen-bond acceptors (Lipinski definition) is 9. The van der Waals surface area contributed by atoms with Gasteiger partial charge in [0.15, 0.2) is 0 Å². The highest BCUT2D eigenvalue weighted by molar-refractivity contribution is 7.99. The first kappa shape index (κ1) is 21.7. The molecule has 1 aliphatic rings. The maximum Gasteiger partial charge on any atom is 0.345 e. The third-order valence-electron chi connectivity index (χ3n) is 4.17. The molecule has 0 aromatic carbocycles. The van der Waals surface area contributed by atoms with Gasteiger partial charge < -0.3 is 19.9 Å². The fourth-order valence-electron chi connectivity index (χ4n) is 2.65. The highest BCUT2D eigenvalue weighted by Gasteiger charge is 2.24. The highest BCUT2D eigenvalue weighted by atomic mass is 32.2. The number of rotatable bonds is 9. The number of anilines is 1. The molecule has 11 heteroatoms. The van der Waals surface area contributed by atoms with Gasteiger partial charge in [-0.05, 0) is 12.1 Å². The second-order valence-electron chi connectivity index (χ2n) is 6.22. The number of nitriles is 2. The third-order valence-corrected chi connectivity index (χ3v) is 5.37. The Balaban J connectivity index is 1.85. The summed E-state index contributed by atoms with van der Waals surface area (Å²) in [5.74, 6) is 1.44. The van der Waals surface area contributed by atoms with Crippen molar-refractivity contribution in [3.05, 3.63) is 29.5 Å². The summed E-state index contributed by atoms with van der Waals surface area (Å²) in [5, 5.41) is 19.7. The predicted octanol–water partition coefficient (Wildman–Crippen LogP) is 2.83. The third kappa shape index (κ3) is 5.13. The Hall–Kier alpha value is -2.99. The Bertz CT molecular complexity index is 972. The van der Waals surface area contributed by atoms with E-state index < -0.39 is 6.61 Å². The van der Waals surface area contributed by atoms with Crippen LogP contribution in [0.15, 0.2) is 23.4 Å². The standard InChI is InChI=1S/C19H17F2N5O3S/c20-19(21)29-4-3-28-12-1-2-15(25-7-12)16-13(5-22)17(24)26-18(14(16)6-23)30-10-11-8-27-9-11/h1-2,7,11,19H,3-4,8-10H2,(H2,24,26). The monoisotopic (exact) mass is 433 g/mol. The van der Waals surface area contributed by atoms with Gasteiger partial charge in [0.2, 0.25) is 0 Å². The molecule has 0 unspecified atom stereocenters. The van der Waals surface area contributed by atoms with Gasteiger partial charge in [-0.2, -0.15) is 19.3 Å². The van der Waals surface area contributed by atoms with Crippen LogP contribution in [0, 0.1) is 28.6 Å². The van der Waals surface area contributed by atoms with Gasteiger partial charge in [-0.3, -0.25) is 4.98 Å². The van der Waals surface area contributed by atoms with Gasteiger partial charge in [0.1, 0.15) is 40.9 Å². The Kier molecular flexibility index (Phi) is 7.36. The largest absolute Gasteiger partial charge is 0.490 e. The van der Waals surface area contributed by atoms with E-state index in [9.17, 15) is 19.3 Å². The number of nitrogen functional groups attached to an aromatic ring is 1. The molecular weight excluding hydrogens is 416 g/mol. The average molecular weight is 433 g/mol. The fourth-order valence-corrected chi connectivity index (χ4v) is 3.69. The molecule has 1 aliphatic heterocycles. The lowest BCUT2D eigenvalue weighted by Crippen LogP contribution is -2.29. The Labute approximate surface area is 175 Å². The summed E-state index contributed by atoms with van der Waals surface area (Å²) in [6.07, 6.45) is 1.37. The number of aromatic nitrogens is 2. The SMILES string of the molecule is N#Cc1c(N)nc(SCC2COC2)c(C#N)c1-c1ccc(OCCOC(F)F)cn1. The van der Waals surface area contributed by atoms with Crippen LogP contribution in [-0.4, -0.2) is 48.8 Å². The normalized spacial score (nSPS) is 13.5. The van der Waals surface area contributed by atoms with Crippen molar-refractivity contribution in [2.75, 3.05) is 37.9 Å². The van der Waals surface area contributed by atoms with E-state index in [-0.39, 0.29) is 30.2 Å². The van der Waals surface area contributed by atoms with Crippen LogP contribution < -0.4 is 10.5 Å². The van der Waals surface area contributed by atoms with Crippen LogP contribution >= 0.6 is 11.8 Å². The molecular formula is C19H17F2N5O3S. The van der Waals surface area contributed by atoms with Gasteiger partial charge in [-0.1, -0.05) is 0 Å². The van der Waals surface area contributed by atoms with E-state index in [1.54, 1.807) is 12.1 Å². The molecule has 0 saturated carbocycles. The minimum absolute atomic E-state index is 0.0186. The zero-order chi connectivity index (χ0) is 21.5. The molecule has 1 fully saturated rings. The van der Waals surface area contributed by atoms with Crippen molar-refractivity contribution < 1.29 is 23.0 Å². The number of ether oxygens (including phenoxy) is 3. The average Bonchev–Trinajstić information content (AvgIpc) is 2.70. The number of hydrogen-bond donors (Lipinski definition) is 1. The van der Waals surface area contributed by atoms with E-state index in [1.807, 2.05) is 6.07 Å². The van der Waals surface area contributed by atoms with Gasteiger partial charge in [0, 0.05) is 17.2 Å². The molecule has 2 N–H and O–H groups in total. The Morgan fingerprint density at radius 3 is 2.57 bits per heavy atom. The lowest BCUT2D eigenvalue weighted by atomic mass is 10.0. The topological polar surface area (TPSA) is 127 Å². The molecule has 0 aliphatic carbocycles. The van der Waals surface area contributed by atoms with Crippen LogP contribution in [0.3, 0.4) is 0 Å². The summed E-state index contributed by atoms with van der Waals surface area (Å²) in [6.45, 7) is -1.88. The van der Waals surface area contributed by atoms with E-state index in [2.05, 4.69) is 20.8 Å². The summed E-state index contributed by atoms with van der Waals surface area (Å²) in [4.78, 5) is 8.50. The molecule has 2 aromatic rings. The van der Waals surface area contributed by atoms with E-state index in [1.165, 1.54) is 18.0 Å². The van der Waals surface area contributed by atoms with E-state index in [0.29, 0.717) is 46.9 Å². The van der Waals surface area contributed by atoms with E-state index >= 15 is 0 Å². The zero-order valence-corrected chi connectivity index (χ0v) is 16.5. The van der Waals surface area contributed by atoms with Gasteiger partial charge in [0.05, 0.1) is 37.3 Å². The molecule has 3 heterocycles. The van der Waals surface area contributed by atoms with Crippen molar-refractivity contribution in [2.24, 2.45) is 5.92 Å². The number of nitrogens with zero attached hydrogens (tertiary/aromatic N) is 4. The molecule has 0 bridgehead atoms. The van der Waals surface area contributed by atoms with E-state index in [0.717, 1.165) is 0 Å². The van der Waals surface area contributed by atoms with Crippen molar-refractivity contribution in [1.29, 1.82) is 10.5 Å². The fraction of sp³-hybridized carbons (Fsp3) is 0.368. The molecule has 2 aromatic heterocycles. The van der Waals surface area contributed by atoms with Gasteiger partial charge in [0.25, 0.3) is 0 Å². The summed E-state index contributed by atoms with van der Waals surface area (Å²) >= 11 is 1.39. The first-order valence-electron chi connectivity index (χ1n) is 8.86. The van der Waals surface area contributed by atoms with Gasteiger partial charge >= 0.3 is 6.61 Å². The van der Waals surface area contributed by atoms with Gasteiger partial charge in [-0.15, -0.1) is 11.8 Å². The van der Waals surface area contributed by atoms with Crippen molar-refractivity contribution in [3.8, 4) is 29.1 Å². The number of pyridine rings is 2. The lowest BCUT2D eigenvalue weighted by Gasteiger charge is -2.25. The molecule has 8 nitrogen and oxygen atoms in total. The first-order chi connectivity index (χ1) is 14.5. The second-order valence-corrected chi connectivity index (χ2v) is 7.23. The second kappa shape index (κ2) is 10.2. The smallest absolute Gasteiger partial charge is 0.345 e. The lowest BCUT2D eigenvalue weighted by molar-refractivity contribution is -0.133. The highest BCUT2D eigenvalue weighted by Crippen LogP contribution is 2.36. The van der Waals surface area contributed by atoms with Crippen LogP contribution in [0.2, 0.25) is 0 Å². The number of nitrogens with two attached hydrogens (primary N) is 1. The molecule has 0 amide bonds. The van der Waals surface area contributed by atoms with Crippen LogP contribution in [0.5, 0.6) is 5.75 Å². The van der Waals surface area contributed by atoms with Gasteiger partial charge in [-0.25, -0.2) is 4.98 Å². The quantitative estimate of drug-likeness (QED) is 0.469. The van der Waals surface area contributed by atoms with Crippen molar-refractivity contribution in [1.82, 2.24) is 9.97 Å². The minimum Gasteiger partial charge on any atom is -0.490 e. The summed E-state index contributed by atoms with van der Waals surface area (Å²) in [7, 11) is 0. The van der Waals surface area contributed by atoms with Crippen LogP contribution in [0.4, 0.5) is 14.6 Å². The summed E-state index contributed by atoms with van der Waals surface area (Å²) in [6, 6.07) is 7.22. The first-order valence-corrected chi connectivity index (χ1v) is 9.85. The maximum atomic E-state index is 12.0. The molecule has 30 heavy (non-hydrogen) atoms. The molecule has 0 atom stereocenters. The van der Waals surface area contributed by atoms with Crippen molar-refractivity contribution in [3.63, 3.8) is 0 Å². The van der Waals surface area contributed by atoms with E-state index in [4.69, 9.17) is 15.2 Å². The Morgan fingerprint density at radius 1 is 1.23 bits per heavy atom. The molecule has 0 radical (unpaired) electrons.